The van der Waals surface area contributed by atoms with Gasteiger partial charge in [0.15, 0.2) is 9.84 Å². The number of hydrogen-bond acceptors (Lipinski definition) is 5. The summed E-state index contributed by atoms with van der Waals surface area (Å²) in [5.41, 5.74) is -0.977. The number of sulfone groups is 1. The van der Waals surface area contributed by atoms with Crippen LogP contribution in [-0.4, -0.2) is 69.5 Å². The number of ether oxygens (including phenoxy) is 1. The average Bonchev–Trinajstić information content (AvgIpc) is 3.24. The second-order valence-corrected chi connectivity index (χ2v) is 8.56. The Balaban J connectivity index is 1.98. The molecule has 1 atom stereocenters. The molecule has 7 nitrogen and oxygen atoms in total. The third kappa shape index (κ3) is 4.03. The number of hydrogen-bond donors (Lipinski definition) is 1. The van der Waals surface area contributed by atoms with Crippen LogP contribution in [0.3, 0.4) is 0 Å². The fourth-order valence-electron chi connectivity index (χ4n) is 3.11. The Morgan fingerprint density at radius 1 is 1.35 bits per heavy atom. The molecule has 23 heavy (non-hydrogen) atoms. The van der Waals surface area contributed by atoms with Gasteiger partial charge in [0.1, 0.15) is 5.41 Å². The van der Waals surface area contributed by atoms with Crippen LogP contribution in [0.4, 0.5) is 0 Å². The first-order valence-electron chi connectivity index (χ1n) is 8.15. The molecule has 0 spiro atoms. The number of amides is 2. The lowest BCUT2D eigenvalue weighted by Crippen LogP contribution is -2.49. The van der Waals surface area contributed by atoms with Crippen LogP contribution in [0.25, 0.3) is 0 Å². The smallest absolute Gasteiger partial charge is 0.238 e. The van der Waals surface area contributed by atoms with E-state index in [1.165, 1.54) is 0 Å². The van der Waals surface area contributed by atoms with Crippen molar-refractivity contribution in [2.75, 3.05) is 38.3 Å². The van der Waals surface area contributed by atoms with E-state index >= 15 is 0 Å². The van der Waals surface area contributed by atoms with Crippen LogP contribution >= 0.6 is 0 Å². The maximum Gasteiger partial charge on any atom is 0.238 e. The van der Waals surface area contributed by atoms with E-state index in [4.69, 9.17) is 4.74 Å². The first-order chi connectivity index (χ1) is 10.9. The van der Waals surface area contributed by atoms with Gasteiger partial charge in [-0.1, -0.05) is 0 Å². The summed E-state index contributed by atoms with van der Waals surface area (Å²) in [5.74, 6) is -0.320. The topological polar surface area (TPSA) is 92.8 Å². The maximum absolute atomic E-state index is 12.8. The maximum atomic E-state index is 12.8. The molecule has 0 radical (unpaired) electrons. The van der Waals surface area contributed by atoms with Crippen LogP contribution in [0.15, 0.2) is 0 Å². The minimum Gasteiger partial charge on any atom is -0.385 e. The predicted molar refractivity (Wildman–Crippen MR) is 85.6 cm³/mol. The zero-order chi connectivity index (χ0) is 17.1. The third-order valence-electron chi connectivity index (χ3n) is 4.66. The molecule has 1 aliphatic heterocycles. The Labute approximate surface area is 137 Å². The summed E-state index contributed by atoms with van der Waals surface area (Å²) in [6.07, 6.45) is 2.24. The number of rotatable bonds is 8. The average molecular weight is 346 g/mol. The summed E-state index contributed by atoms with van der Waals surface area (Å²) in [5, 5.41) is 2.80. The third-order valence-corrected chi connectivity index (χ3v) is 6.41. The van der Waals surface area contributed by atoms with Gasteiger partial charge < -0.3 is 15.0 Å². The van der Waals surface area contributed by atoms with Crippen molar-refractivity contribution in [2.24, 2.45) is 5.41 Å². The van der Waals surface area contributed by atoms with Crippen molar-refractivity contribution in [2.45, 2.75) is 38.6 Å². The first kappa shape index (κ1) is 18.2. The summed E-state index contributed by atoms with van der Waals surface area (Å²) in [6.45, 7) is 3.29. The van der Waals surface area contributed by atoms with E-state index in [2.05, 4.69) is 5.32 Å². The molecule has 0 bridgehead atoms. The molecule has 0 aromatic carbocycles. The van der Waals surface area contributed by atoms with Crippen molar-refractivity contribution >= 4 is 21.7 Å². The largest absolute Gasteiger partial charge is 0.385 e. The van der Waals surface area contributed by atoms with Crippen molar-refractivity contribution < 1.29 is 22.7 Å². The van der Waals surface area contributed by atoms with Gasteiger partial charge in [-0.25, -0.2) is 8.42 Å². The Morgan fingerprint density at radius 3 is 2.52 bits per heavy atom. The highest BCUT2D eigenvalue weighted by Gasteiger charge is 2.58. The number of methoxy groups -OCH3 is 1. The normalized spacial score (nSPS) is 24.2. The molecule has 1 saturated heterocycles. The minimum absolute atomic E-state index is 0.0120. The summed E-state index contributed by atoms with van der Waals surface area (Å²) < 4.78 is 28.2. The molecule has 8 heteroatoms. The van der Waals surface area contributed by atoms with Crippen LogP contribution < -0.4 is 5.32 Å². The fraction of sp³-hybridized carbons (Fsp3) is 0.867. The van der Waals surface area contributed by atoms with E-state index in [9.17, 15) is 18.0 Å². The highest BCUT2D eigenvalue weighted by Crippen LogP contribution is 2.48. The van der Waals surface area contributed by atoms with Gasteiger partial charge >= 0.3 is 0 Å². The molecule has 2 fully saturated rings. The van der Waals surface area contributed by atoms with Crippen LogP contribution in [0.2, 0.25) is 0 Å². The predicted octanol–water partition coefficient (Wildman–Crippen LogP) is -0.0451. The zero-order valence-electron chi connectivity index (χ0n) is 13.8. The van der Waals surface area contributed by atoms with Crippen LogP contribution in [0.1, 0.15) is 32.6 Å². The highest BCUT2D eigenvalue weighted by molar-refractivity contribution is 7.91. The number of nitrogens with zero attached hydrogens (tertiary/aromatic N) is 1. The second kappa shape index (κ2) is 7.17. The zero-order valence-corrected chi connectivity index (χ0v) is 14.7. The van der Waals surface area contributed by atoms with E-state index in [0.29, 0.717) is 45.4 Å². The molecular formula is C15H26N2O5S. The summed E-state index contributed by atoms with van der Waals surface area (Å²) in [7, 11) is -1.46. The van der Waals surface area contributed by atoms with Crippen molar-refractivity contribution in [3.63, 3.8) is 0 Å². The lowest BCUT2D eigenvalue weighted by Gasteiger charge is -2.30. The quantitative estimate of drug-likeness (QED) is 0.491. The van der Waals surface area contributed by atoms with Crippen molar-refractivity contribution in [1.29, 1.82) is 0 Å². The van der Waals surface area contributed by atoms with Crippen molar-refractivity contribution in [3.05, 3.63) is 0 Å². The van der Waals surface area contributed by atoms with Crippen LogP contribution in [0.5, 0.6) is 0 Å². The molecule has 1 N–H and O–H groups in total. The minimum atomic E-state index is -3.06. The number of carbonyl (C=O) groups is 2. The monoisotopic (exact) mass is 346 g/mol. The molecule has 1 aliphatic carbocycles. The Hall–Kier alpha value is -1.15. The molecular weight excluding hydrogens is 320 g/mol. The van der Waals surface area contributed by atoms with Gasteiger partial charge in [-0.3, -0.25) is 9.59 Å². The van der Waals surface area contributed by atoms with Gasteiger partial charge in [0.05, 0.1) is 11.5 Å². The van der Waals surface area contributed by atoms with Gasteiger partial charge in [0.25, 0.3) is 0 Å². The van der Waals surface area contributed by atoms with Gasteiger partial charge in [-0.05, 0) is 32.6 Å². The molecule has 1 unspecified atom stereocenters. The molecule has 132 valence electrons. The molecule has 2 amide bonds. The highest BCUT2D eigenvalue weighted by atomic mass is 32.2. The fourth-order valence-corrected chi connectivity index (χ4v) is 4.85. The van der Waals surface area contributed by atoms with E-state index in [1.807, 2.05) is 6.92 Å². The SMILES string of the molecule is CCN(C(=O)C1(C(=O)NCCCOC)CC1)C1CCS(=O)(=O)C1. The van der Waals surface area contributed by atoms with E-state index < -0.39 is 15.3 Å². The van der Waals surface area contributed by atoms with E-state index in [1.54, 1.807) is 12.0 Å². The van der Waals surface area contributed by atoms with Gasteiger partial charge in [-0.2, -0.15) is 0 Å². The van der Waals surface area contributed by atoms with Gasteiger partial charge in [0, 0.05) is 32.8 Å². The van der Waals surface area contributed by atoms with Gasteiger partial charge in [0.2, 0.25) is 11.8 Å². The number of carbonyl (C=O) groups excluding carboxylic acids is 2. The van der Waals surface area contributed by atoms with Crippen LogP contribution in [-0.2, 0) is 24.2 Å². The molecule has 2 rings (SSSR count). The second-order valence-electron chi connectivity index (χ2n) is 6.33. The molecule has 0 aromatic rings. The summed E-state index contributed by atoms with van der Waals surface area (Å²) in [4.78, 5) is 26.8. The standard InChI is InChI=1S/C15H26N2O5S/c1-3-17(12-5-10-23(20,21)11-12)14(19)15(6-7-15)13(18)16-8-4-9-22-2/h12H,3-11H2,1-2H3,(H,16,18). The lowest BCUT2D eigenvalue weighted by molar-refractivity contribution is -0.145. The summed E-state index contributed by atoms with van der Waals surface area (Å²) >= 11 is 0. The molecule has 1 saturated carbocycles. The van der Waals surface area contributed by atoms with E-state index in [-0.39, 0.29) is 29.4 Å². The summed E-state index contributed by atoms with van der Waals surface area (Å²) in [6, 6.07) is -0.295. The first-order valence-corrected chi connectivity index (χ1v) is 9.97. The molecule has 1 heterocycles. The molecule has 2 aliphatic rings. The molecule has 0 aromatic heterocycles. The lowest BCUT2D eigenvalue weighted by atomic mass is 10.0. The van der Waals surface area contributed by atoms with Crippen molar-refractivity contribution in [1.82, 2.24) is 10.2 Å². The Kier molecular flexibility index (Phi) is 5.67. The van der Waals surface area contributed by atoms with Crippen molar-refractivity contribution in [3.8, 4) is 0 Å². The van der Waals surface area contributed by atoms with E-state index in [0.717, 1.165) is 0 Å². The van der Waals surface area contributed by atoms with Gasteiger partial charge in [-0.15, -0.1) is 0 Å². The Bertz CT molecular complexity index is 556. The Morgan fingerprint density at radius 2 is 2.04 bits per heavy atom. The van der Waals surface area contributed by atoms with Crippen LogP contribution in [0, 0.1) is 5.41 Å². The number of nitrogens with one attached hydrogen (secondary N) is 1.